The van der Waals surface area contributed by atoms with E-state index in [0.29, 0.717) is 17.9 Å². The zero-order valence-corrected chi connectivity index (χ0v) is 13.0. The standard InChI is InChI=1S/C13H19N3O.C2H2O4/c1-16-7-8-2-5-11(16)10(6-8)13-14-12(15-17-13)9-3-4-9;3-1(4)2(5)6/h8-11H,2-7H2,1H3;(H,3,4)(H,5,6). The van der Waals surface area contributed by atoms with Crippen LogP contribution < -0.4 is 0 Å². The summed E-state index contributed by atoms with van der Waals surface area (Å²) in [5, 5.41) is 18.9. The monoisotopic (exact) mass is 323 g/mol. The van der Waals surface area contributed by atoms with E-state index in [9.17, 15) is 0 Å². The third-order valence-electron chi connectivity index (χ3n) is 4.93. The predicted octanol–water partition coefficient (Wildman–Crippen LogP) is 1.30. The van der Waals surface area contributed by atoms with Gasteiger partial charge in [0.05, 0.1) is 5.92 Å². The second-order valence-corrected chi connectivity index (χ2v) is 6.67. The molecule has 2 aliphatic heterocycles. The SMILES string of the molecule is CN1CC2CCC1C(c1nc(C3CC3)no1)C2.O=C(O)C(=O)O. The number of carbonyl (C=O) groups is 2. The van der Waals surface area contributed by atoms with E-state index in [4.69, 9.17) is 24.3 Å². The molecule has 3 unspecified atom stereocenters. The van der Waals surface area contributed by atoms with Crippen LogP contribution in [0.3, 0.4) is 0 Å². The van der Waals surface area contributed by atoms with Gasteiger partial charge in [0.15, 0.2) is 5.82 Å². The van der Waals surface area contributed by atoms with Crippen molar-refractivity contribution < 1.29 is 24.3 Å². The van der Waals surface area contributed by atoms with Crippen molar-refractivity contribution in [2.45, 2.75) is 50.0 Å². The number of fused-ring (bicyclic) bond motifs is 3. The van der Waals surface area contributed by atoms with Gasteiger partial charge in [-0.05, 0) is 45.1 Å². The highest BCUT2D eigenvalue weighted by Crippen LogP contribution is 2.44. The minimum Gasteiger partial charge on any atom is -0.473 e. The van der Waals surface area contributed by atoms with Crippen LogP contribution in [-0.4, -0.2) is 56.8 Å². The molecule has 0 radical (unpaired) electrons. The molecule has 0 aromatic carbocycles. The van der Waals surface area contributed by atoms with E-state index in [1.165, 1.54) is 38.6 Å². The van der Waals surface area contributed by atoms with Crippen molar-refractivity contribution in [3.63, 3.8) is 0 Å². The zero-order chi connectivity index (χ0) is 16.6. The first-order valence-corrected chi connectivity index (χ1v) is 7.95. The zero-order valence-electron chi connectivity index (χ0n) is 13.0. The number of carboxylic acids is 2. The quantitative estimate of drug-likeness (QED) is 0.782. The third kappa shape index (κ3) is 3.52. The van der Waals surface area contributed by atoms with Gasteiger partial charge in [-0.3, -0.25) is 0 Å². The molecule has 4 aliphatic rings. The van der Waals surface area contributed by atoms with Crippen molar-refractivity contribution >= 4 is 11.9 Å². The molecule has 3 heterocycles. The van der Waals surface area contributed by atoms with Crippen LogP contribution in [0.25, 0.3) is 0 Å². The Labute approximate surface area is 133 Å². The number of likely N-dealkylation sites (N-methyl/N-ethyl adjacent to an activating group) is 1. The van der Waals surface area contributed by atoms with Gasteiger partial charge >= 0.3 is 11.9 Å². The highest BCUT2D eigenvalue weighted by molar-refractivity contribution is 6.27. The second kappa shape index (κ2) is 6.27. The van der Waals surface area contributed by atoms with Crippen molar-refractivity contribution in [3.05, 3.63) is 11.7 Å². The summed E-state index contributed by atoms with van der Waals surface area (Å²) in [6.07, 6.45) is 6.43. The van der Waals surface area contributed by atoms with Crippen LogP contribution >= 0.6 is 0 Å². The summed E-state index contributed by atoms with van der Waals surface area (Å²) < 4.78 is 5.52. The molecule has 2 saturated carbocycles. The van der Waals surface area contributed by atoms with Gasteiger partial charge in [-0.25, -0.2) is 9.59 Å². The summed E-state index contributed by atoms with van der Waals surface area (Å²) in [4.78, 5) is 25.3. The van der Waals surface area contributed by atoms with Gasteiger partial charge in [-0.2, -0.15) is 4.98 Å². The first-order valence-electron chi connectivity index (χ1n) is 7.95. The number of carboxylic acid groups (broad SMARTS) is 2. The number of aliphatic carboxylic acids is 2. The minimum atomic E-state index is -1.82. The maximum Gasteiger partial charge on any atom is 0.414 e. The molecule has 126 valence electrons. The van der Waals surface area contributed by atoms with Crippen molar-refractivity contribution in [1.29, 1.82) is 0 Å². The highest BCUT2D eigenvalue weighted by atomic mass is 16.5. The van der Waals surface area contributed by atoms with Crippen molar-refractivity contribution in [3.8, 4) is 0 Å². The summed E-state index contributed by atoms with van der Waals surface area (Å²) in [6.45, 7) is 1.25. The van der Waals surface area contributed by atoms with E-state index in [-0.39, 0.29) is 0 Å². The van der Waals surface area contributed by atoms with Crippen LogP contribution in [0.4, 0.5) is 0 Å². The average molecular weight is 323 g/mol. The Morgan fingerprint density at radius 1 is 1.17 bits per heavy atom. The number of hydrogen-bond donors (Lipinski definition) is 2. The number of piperidine rings is 2. The Morgan fingerprint density at radius 2 is 1.87 bits per heavy atom. The van der Waals surface area contributed by atoms with Crippen molar-refractivity contribution in [1.82, 2.24) is 15.0 Å². The third-order valence-corrected chi connectivity index (χ3v) is 4.93. The molecule has 8 heteroatoms. The molecular formula is C15H21N3O5. The van der Waals surface area contributed by atoms with E-state index in [1.807, 2.05) is 0 Å². The average Bonchev–Trinajstić information content (AvgIpc) is 3.25. The van der Waals surface area contributed by atoms with Crippen LogP contribution in [0.2, 0.25) is 0 Å². The maximum absolute atomic E-state index is 9.10. The van der Waals surface area contributed by atoms with E-state index in [2.05, 4.69) is 22.1 Å². The Bertz CT molecular complexity index is 586. The summed E-state index contributed by atoms with van der Waals surface area (Å²) in [7, 11) is 2.24. The molecule has 5 rings (SSSR count). The molecule has 1 aromatic rings. The molecule has 2 N–H and O–H groups in total. The fourth-order valence-electron chi connectivity index (χ4n) is 3.65. The number of hydrogen-bond acceptors (Lipinski definition) is 6. The Balaban J connectivity index is 0.000000227. The number of rotatable bonds is 2. The lowest BCUT2D eigenvalue weighted by Crippen LogP contribution is -2.50. The van der Waals surface area contributed by atoms with Crippen LogP contribution in [0, 0.1) is 5.92 Å². The first kappa shape index (κ1) is 15.9. The van der Waals surface area contributed by atoms with Gasteiger partial charge < -0.3 is 19.6 Å². The topological polar surface area (TPSA) is 117 Å². The molecule has 2 saturated heterocycles. The minimum absolute atomic E-state index is 0.493. The lowest BCUT2D eigenvalue weighted by molar-refractivity contribution is -0.159. The van der Waals surface area contributed by atoms with Gasteiger partial charge in [-0.1, -0.05) is 5.16 Å². The maximum atomic E-state index is 9.10. The first-order chi connectivity index (χ1) is 11.0. The fraction of sp³-hybridized carbons (Fsp3) is 0.733. The van der Waals surface area contributed by atoms with Gasteiger partial charge in [-0.15, -0.1) is 0 Å². The molecule has 2 bridgehead atoms. The van der Waals surface area contributed by atoms with Gasteiger partial charge in [0.2, 0.25) is 5.89 Å². The molecule has 8 nitrogen and oxygen atoms in total. The molecule has 0 amide bonds. The Kier molecular flexibility index (Phi) is 4.34. The Morgan fingerprint density at radius 3 is 2.39 bits per heavy atom. The summed E-state index contributed by atoms with van der Waals surface area (Å²) in [6, 6.07) is 0.632. The van der Waals surface area contributed by atoms with E-state index >= 15 is 0 Å². The lowest BCUT2D eigenvalue weighted by atomic mass is 9.73. The highest BCUT2D eigenvalue weighted by Gasteiger charge is 2.42. The molecule has 3 atom stereocenters. The van der Waals surface area contributed by atoms with E-state index < -0.39 is 11.9 Å². The van der Waals surface area contributed by atoms with Gasteiger partial charge in [0.25, 0.3) is 0 Å². The largest absolute Gasteiger partial charge is 0.473 e. The van der Waals surface area contributed by atoms with Crippen LogP contribution in [0.5, 0.6) is 0 Å². The van der Waals surface area contributed by atoms with Crippen LogP contribution in [0.1, 0.15) is 55.7 Å². The number of nitrogens with zero attached hydrogens (tertiary/aromatic N) is 3. The summed E-state index contributed by atoms with van der Waals surface area (Å²) in [5.74, 6) is 0.159. The lowest BCUT2D eigenvalue weighted by Gasteiger charge is -2.47. The van der Waals surface area contributed by atoms with E-state index in [1.54, 1.807) is 0 Å². The molecular weight excluding hydrogens is 302 g/mol. The molecule has 1 aromatic heterocycles. The fourth-order valence-corrected chi connectivity index (χ4v) is 3.65. The summed E-state index contributed by atoms with van der Waals surface area (Å²) >= 11 is 0. The van der Waals surface area contributed by atoms with Crippen LogP contribution in [0.15, 0.2) is 4.52 Å². The molecule has 0 spiro atoms. The van der Waals surface area contributed by atoms with Crippen molar-refractivity contribution in [2.24, 2.45) is 5.92 Å². The predicted molar refractivity (Wildman–Crippen MR) is 78.0 cm³/mol. The second-order valence-electron chi connectivity index (χ2n) is 6.67. The van der Waals surface area contributed by atoms with E-state index in [0.717, 1.165) is 17.6 Å². The van der Waals surface area contributed by atoms with Crippen LogP contribution in [-0.2, 0) is 9.59 Å². The van der Waals surface area contributed by atoms with Gasteiger partial charge in [0, 0.05) is 18.5 Å². The number of aromatic nitrogens is 2. The normalized spacial score (nSPS) is 29.7. The molecule has 4 fully saturated rings. The Hall–Kier alpha value is -1.96. The smallest absolute Gasteiger partial charge is 0.414 e. The molecule has 2 aliphatic carbocycles. The van der Waals surface area contributed by atoms with Gasteiger partial charge in [0.1, 0.15) is 0 Å². The molecule has 23 heavy (non-hydrogen) atoms. The van der Waals surface area contributed by atoms with Crippen molar-refractivity contribution in [2.75, 3.05) is 13.6 Å². The summed E-state index contributed by atoms with van der Waals surface area (Å²) in [5.41, 5.74) is 0.